The molecule has 0 aromatic heterocycles. The van der Waals surface area contributed by atoms with Gasteiger partial charge in [0.1, 0.15) is 23.7 Å². The van der Waals surface area contributed by atoms with Crippen molar-refractivity contribution in [3.8, 4) is 0 Å². The lowest BCUT2D eigenvalue weighted by atomic mass is 9.82. The highest BCUT2D eigenvalue weighted by atomic mass is 16.6. The van der Waals surface area contributed by atoms with Gasteiger partial charge in [-0.3, -0.25) is 19.2 Å². The predicted molar refractivity (Wildman–Crippen MR) is 75.9 cm³/mol. The summed E-state index contributed by atoms with van der Waals surface area (Å²) in [7, 11) is 0. The largest absolute Gasteiger partial charge is 0.481 e. The molecule has 4 heterocycles. The Morgan fingerprint density at radius 3 is 1.28 bits per heavy atom. The SMILES string of the molecule is O=C(O)C1C2C=CC(O2)C1C(=O)OC(=O)[C@H]1[C@@H](C(=O)O)[C@@H]2C=C[C@H]1O2. The molecule has 4 rings (SSSR count). The number of carboxylic acid groups (broad SMARTS) is 2. The molecule has 0 aromatic carbocycles. The Morgan fingerprint density at radius 2 is 0.960 bits per heavy atom. The zero-order valence-corrected chi connectivity index (χ0v) is 12.7. The van der Waals surface area contributed by atoms with Gasteiger partial charge in [0.15, 0.2) is 0 Å². The van der Waals surface area contributed by atoms with Crippen molar-refractivity contribution in [3.05, 3.63) is 24.3 Å². The second-order valence-electron chi connectivity index (χ2n) is 6.42. The van der Waals surface area contributed by atoms with E-state index < -0.39 is 72.0 Å². The number of carbonyl (C=O) groups excluding carboxylic acids is 2. The van der Waals surface area contributed by atoms with Gasteiger partial charge in [0.05, 0.1) is 24.4 Å². The first-order chi connectivity index (χ1) is 11.9. The molecule has 4 aliphatic rings. The molecule has 4 aliphatic heterocycles. The maximum atomic E-state index is 12.4. The monoisotopic (exact) mass is 350 g/mol. The minimum atomic E-state index is -1.22. The van der Waals surface area contributed by atoms with Crippen LogP contribution in [0.4, 0.5) is 0 Å². The Labute approximate surface area is 140 Å². The average Bonchev–Trinajstić information content (AvgIpc) is 3.31. The number of ether oxygens (including phenoxy) is 3. The summed E-state index contributed by atoms with van der Waals surface area (Å²) in [4.78, 5) is 47.5. The van der Waals surface area contributed by atoms with Crippen molar-refractivity contribution in [2.45, 2.75) is 24.4 Å². The number of hydrogen-bond donors (Lipinski definition) is 2. The van der Waals surface area contributed by atoms with Crippen LogP contribution in [0.15, 0.2) is 24.3 Å². The summed E-state index contributed by atoms with van der Waals surface area (Å²) >= 11 is 0. The van der Waals surface area contributed by atoms with Crippen LogP contribution in [-0.4, -0.2) is 58.5 Å². The van der Waals surface area contributed by atoms with Gasteiger partial charge in [-0.05, 0) is 0 Å². The summed E-state index contributed by atoms with van der Waals surface area (Å²) in [5, 5.41) is 18.6. The molecule has 9 nitrogen and oxygen atoms in total. The van der Waals surface area contributed by atoms with Crippen molar-refractivity contribution in [2.75, 3.05) is 0 Å². The molecule has 4 bridgehead atoms. The molecule has 2 saturated heterocycles. The molecule has 2 N–H and O–H groups in total. The Hall–Kier alpha value is -2.52. The summed E-state index contributed by atoms with van der Waals surface area (Å²) in [6.07, 6.45) is 3.23. The van der Waals surface area contributed by atoms with Crippen LogP contribution in [-0.2, 0) is 33.4 Å². The summed E-state index contributed by atoms with van der Waals surface area (Å²) < 4.78 is 15.6. The first-order valence-corrected chi connectivity index (χ1v) is 7.77. The van der Waals surface area contributed by atoms with Crippen molar-refractivity contribution < 1.29 is 43.6 Å². The van der Waals surface area contributed by atoms with Crippen LogP contribution in [0.25, 0.3) is 0 Å². The molecule has 8 atom stereocenters. The highest BCUT2D eigenvalue weighted by Gasteiger charge is 2.57. The smallest absolute Gasteiger partial charge is 0.320 e. The normalized spacial score (nSPS) is 42.7. The van der Waals surface area contributed by atoms with E-state index >= 15 is 0 Å². The van der Waals surface area contributed by atoms with Gasteiger partial charge in [-0.25, -0.2) is 0 Å². The van der Waals surface area contributed by atoms with Gasteiger partial charge < -0.3 is 24.4 Å². The highest BCUT2D eigenvalue weighted by Crippen LogP contribution is 2.42. The van der Waals surface area contributed by atoms with Gasteiger partial charge in [0.2, 0.25) is 0 Å². The fourth-order valence-electron chi connectivity index (χ4n) is 4.00. The minimum Gasteiger partial charge on any atom is -0.481 e. The third kappa shape index (κ3) is 2.30. The van der Waals surface area contributed by atoms with Crippen molar-refractivity contribution in [2.24, 2.45) is 23.7 Å². The molecule has 0 spiro atoms. The quantitative estimate of drug-likeness (QED) is 0.385. The molecule has 132 valence electrons. The van der Waals surface area contributed by atoms with E-state index in [9.17, 15) is 29.4 Å². The Balaban J connectivity index is 1.50. The van der Waals surface area contributed by atoms with Crippen LogP contribution in [0.2, 0.25) is 0 Å². The van der Waals surface area contributed by atoms with Crippen LogP contribution in [0.5, 0.6) is 0 Å². The number of rotatable bonds is 4. The molecule has 9 heteroatoms. The van der Waals surface area contributed by atoms with E-state index in [2.05, 4.69) is 0 Å². The second kappa shape index (κ2) is 5.50. The Bertz CT molecular complexity index is 663. The average molecular weight is 350 g/mol. The fourth-order valence-corrected chi connectivity index (χ4v) is 4.00. The van der Waals surface area contributed by atoms with Crippen molar-refractivity contribution in [1.82, 2.24) is 0 Å². The third-order valence-corrected chi connectivity index (χ3v) is 5.11. The van der Waals surface area contributed by atoms with E-state index in [0.29, 0.717) is 0 Å². The van der Waals surface area contributed by atoms with Gasteiger partial charge in [-0.15, -0.1) is 0 Å². The van der Waals surface area contributed by atoms with E-state index in [-0.39, 0.29) is 0 Å². The van der Waals surface area contributed by atoms with E-state index in [1.54, 1.807) is 24.3 Å². The lowest BCUT2D eigenvalue weighted by Gasteiger charge is -2.23. The molecule has 4 unspecified atom stereocenters. The highest BCUT2D eigenvalue weighted by molar-refractivity contribution is 5.94. The molecule has 0 radical (unpaired) electrons. The number of hydrogen-bond acceptors (Lipinski definition) is 7. The number of esters is 2. The van der Waals surface area contributed by atoms with Gasteiger partial charge >= 0.3 is 23.9 Å². The van der Waals surface area contributed by atoms with E-state index in [1.807, 2.05) is 0 Å². The standard InChI is InChI=1S/C16H14O9/c17-13(18)9-5-1-3-7(23-5)11(9)15(21)25-16(22)12-8-4-2-6(24-8)10(12)14(19)20/h1-12H,(H,17,18)(H,19,20)/t5-,6?,7+,8?,9-,10?,11+,12?/m0/s1. The van der Waals surface area contributed by atoms with Gasteiger partial charge in [0.25, 0.3) is 0 Å². The predicted octanol–water partition coefficient (Wildman–Crippen LogP) is -0.635. The Morgan fingerprint density at radius 1 is 0.640 bits per heavy atom. The maximum absolute atomic E-state index is 12.4. The van der Waals surface area contributed by atoms with Crippen LogP contribution in [0, 0.1) is 23.7 Å². The van der Waals surface area contributed by atoms with Crippen molar-refractivity contribution in [3.63, 3.8) is 0 Å². The molecule has 0 saturated carbocycles. The molecule has 0 aromatic rings. The lowest BCUT2D eigenvalue weighted by molar-refractivity contribution is -0.171. The van der Waals surface area contributed by atoms with Crippen molar-refractivity contribution in [1.29, 1.82) is 0 Å². The second-order valence-corrected chi connectivity index (χ2v) is 6.42. The maximum Gasteiger partial charge on any atom is 0.320 e. The molecule has 2 fully saturated rings. The number of carboxylic acids is 2. The Kier molecular flexibility index (Phi) is 3.51. The van der Waals surface area contributed by atoms with Gasteiger partial charge in [0, 0.05) is 0 Å². The zero-order chi connectivity index (χ0) is 17.9. The summed E-state index contributed by atoms with van der Waals surface area (Å²) in [5.74, 6) is -9.05. The van der Waals surface area contributed by atoms with E-state index in [4.69, 9.17) is 14.2 Å². The third-order valence-electron chi connectivity index (χ3n) is 5.11. The van der Waals surface area contributed by atoms with Gasteiger partial charge in [-0.2, -0.15) is 0 Å². The zero-order valence-electron chi connectivity index (χ0n) is 12.7. The van der Waals surface area contributed by atoms with Crippen molar-refractivity contribution >= 4 is 23.9 Å². The minimum absolute atomic E-state index is 0.740. The fraction of sp³-hybridized carbons (Fsp3) is 0.500. The lowest BCUT2D eigenvalue weighted by Crippen LogP contribution is -2.42. The molecular formula is C16H14O9. The number of carbonyl (C=O) groups is 4. The summed E-state index contributed by atoms with van der Waals surface area (Å²) in [6, 6.07) is 0. The molecule has 0 amide bonds. The number of aliphatic carboxylic acids is 2. The summed E-state index contributed by atoms with van der Waals surface area (Å²) in [6.45, 7) is 0. The van der Waals surface area contributed by atoms with E-state index in [1.165, 1.54) is 0 Å². The molecule has 0 aliphatic carbocycles. The first-order valence-electron chi connectivity index (χ1n) is 7.77. The number of fused-ring (bicyclic) bond motifs is 4. The summed E-state index contributed by atoms with van der Waals surface area (Å²) in [5.41, 5.74) is 0. The van der Waals surface area contributed by atoms with Crippen LogP contribution >= 0.6 is 0 Å². The van der Waals surface area contributed by atoms with Crippen LogP contribution < -0.4 is 0 Å². The van der Waals surface area contributed by atoms with Gasteiger partial charge in [-0.1, -0.05) is 24.3 Å². The first kappa shape index (κ1) is 16.0. The van der Waals surface area contributed by atoms with Crippen LogP contribution in [0.3, 0.4) is 0 Å². The van der Waals surface area contributed by atoms with E-state index in [0.717, 1.165) is 0 Å². The molecular weight excluding hydrogens is 336 g/mol. The molecule has 25 heavy (non-hydrogen) atoms. The topological polar surface area (TPSA) is 136 Å². The van der Waals surface area contributed by atoms with Crippen LogP contribution in [0.1, 0.15) is 0 Å².